The number of carbonyl (C=O) groups is 1. The minimum Gasteiger partial charge on any atom is -0.346 e. The summed E-state index contributed by atoms with van der Waals surface area (Å²) in [5.74, 6) is 0.545. The fraction of sp³-hybridized carbons (Fsp3) is 0.389. The van der Waals surface area contributed by atoms with E-state index in [1.54, 1.807) is 30.1 Å². The van der Waals surface area contributed by atoms with Crippen LogP contribution in [0.15, 0.2) is 36.4 Å². The Morgan fingerprint density at radius 1 is 1.32 bits per heavy atom. The summed E-state index contributed by atoms with van der Waals surface area (Å²) in [6.45, 7) is 3.31. The van der Waals surface area contributed by atoms with Crippen molar-refractivity contribution in [3.8, 4) is 5.69 Å². The molecule has 6 nitrogen and oxygen atoms in total. The number of hydrogen-bond acceptors (Lipinski definition) is 5. The molecule has 1 amide bonds. The topological polar surface area (TPSA) is 63.1 Å². The Balaban J connectivity index is 1.42. The molecule has 3 aromatic rings. The summed E-state index contributed by atoms with van der Waals surface area (Å²) >= 11 is 1.63. The van der Waals surface area contributed by atoms with Crippen molar-refractivity contribution < 1.29 is 4.79 Å². The first kappa shape index (κ1) is 15.0. The second kappa shape index (κ2) is 5.93. The minimum absolute atomic E-state index is 0.0663. The van der Waals surface area contributed by atoms with Crippen LogP contribution >= 0.6 is 11.3 Å². The van der Waals surface area contributed by atoms with E-state index in [0.717, 1.165) is 22.3 Å². The quantitative estimate of drug-likeness (QED) is 0.785. The molecule has 25 heavy (non-hydrogen) atoms. The van der Waals surface area contributed by atoms with Crippen LogP contribution in [0, 0.1) is 5.92 Å². The molecule has 3 aromatic heterocycles. The third-order valence-electron chi connectivity index (χ3n) is 5.43. The molecule has 0 aliphatic carbocycles. The molecule has 3 saturated heterocycles. The number of fused-ring (bicyclic) bond motifs is 4. The van der Waals surface area contributed by atoms with E-state index in [-0.39, 0.29) is 11.9 Å². The molecule has 3 aliphatic rings. The zero-order valence-corrected chi connectivity index (χ0v) is 14.6. The number of pyridine rings is 1. The maximum Gasteiger partial charge on any atom is 0.270 e. The third kappa shape index (κ3) is 2.63. The number of amides is 1. The van der Waals surface area contributed by atoms with Crippen LogP contribution in [0.1, 0.15) is 23.3 Å². The SMILES string of the molecule is O=C(NC1CN2CCC1CC2)c1cc2c(-n3ccnc3)csc2cn1. The Bertz CT molecular complexity index is 911. The van der Waals surface area contributed by atoms with Gasteiger partial charge in [0, 0.05) is 41.9 Å². The number of rotatable bonds is 3. The van der Waals surface area contributed by atoms with E-state index in [1.807, 2.05) is 16.8 Å². The summed E-state index contributed by atoms with van der Waals surface area (Å²) in [7, 11) is 0. The standard InChI is InChI=1S/C18H19N5OS/c24-18(21-15-9-22-4-1-12(15)2-5-22)14-7-13-16(23-6-3-19-11-23)10-25-17(13)8-20-14/h3,6-8,10-12,15H,1-2,4-5,9H2,(H,21,24). The number of nitrogens with zero attached hydrogens (tertiary/aromatic N) is 4. The molecule has 3 fully saturated rings. The number of aromatic nitrogens is 3. The summed E-state index contributed by atoms with van der Waals surface area (Å²) in [5.41, 5.74) is 1.53. The third-order valence-corrected chi connectivity index (χ3v) is 6.35. The zero-order valence-electron chi connectivity index (χ0n) is 13.8. The molecule has 0 radical (unpaired) electrons. The summed E-state index contributed by atoms with van der Waals surface area (Å²) in [4.78, 5) is 23.7. The van der Waals surface area contributed by atoms with Gasteiger partial charge in [-0.25, -0.2) is 9.97 Å². The molecular weight excluding hydrogens is 334 g/mol. The van der Waals surface area contributed by atoms with Crippen molar-refractivity contribution in [3.05, 3.63) is 42.1 Å². The lowest BCUT2D eigenvalue weighted by Crippen LogP contribution is -2.57. The molecule has 0 saturated carbocycles. The molecule has 2 bridgehead atoms. The number of hydrogen-bond donors (Lipinski definition) is 1. The minimum atomic E-state index is -0.0663. The smallest absolute Gasteiger partial charge is 0.270 e. The average molecular weight is 353 g/mol. The second-order valence-corrected chi connectivity index (χ2v) is 7.79. The maximum absolute atomic E-state index is 12.7. The lowest BCUT2D eigenvalue weighted by molar-refractivity contribution is 0.0618. The zero-order chi connectivity index (χ0) is 16.8. The Morgan fingerprint density at radius 3 is 2.92 bits per heavy atom. The molecule has 1 atom stereocenters. The van der Waals surface area contributed by atoms with E-state index in [9.17, 15) is 4.79 Å². The molecule has 6 heterocycles. The average Bonchev–Trinajstić information content (AvgIpc) is 3.31. The summed E-state index contributed by atoms with van der Waals surface area (Å²) in [6, 6.07) is 2.15. The monoisotopic (exact) mass is 353 g/mol. The van der Waals surface area contributed by atoms with Gasteiger partial charge >= 0.3 is 0 Å². The van der Waals surface area contributed by atoms with Crippen molar-refractivity contribution in [1.29, 1.82) is 0 Å². The van der Waals surface area contributed by atoms with Crippen molar-refractivity contribution >= 4 is 27.3 Å². The van der Waals surface area contributed by atoms with Crippen LogP contribution < -0.4 is 5.32 Å². The fourth-order valence-corrected chi connectivity index (χ4v) is 4.91. The first-order valence-corrected chi connectivity index (χ1v) is 9.55. The highest BCUT2D eigenvalue weighted by atomic mass is 32.1. The Kier molecular flexibility index (Phi) is 3.57. The van der Waals surface area contributed by atoms with Crippen molar-refractivity contribution in [2.24, 2.45) is 5.92 Å². The normalized spacial score (nSPS) is 25.4. The van der Waals surface area contributed by atoms with Crippen molar-refractivity contribution in [1.82, 2.24) is 24.8 Å². The molecule has 7 heteroatoms. The molecule has 1 unspecified atom stereocenters. The van der Waals surface area contributed by atoms with Gasteiger partial charge in [-0.15, -0.1) is 11.3 Å². The van der Waals surface area contributed by atoms with Crippen LogP contribution in [0.25, 0.3) is 15.8 Å². The van der Waals surface area contributed by atoms with Crippen LogP contribution in [-0.4, -0.2) is 51.0 Å². The molecule has 0 aromatic carbocycles. The second-order valence-electron chi connectivity index (χ2n) is 6.87. The van der Waals surface area contributed by atoms with Gasteiger partial charge in [-0.1, -0.05) is 0 Å². The summed E-state index contributed by atoms with van der Waals surface area (Å²) in [5, 5.41) is 6.33. The van der Waals surface area contributed by atoms with E-state index in [0.29, 0.717) is 11.6 Å². The van der Waals surface area contributed by atoms with Gasteiger partial charge in [-0.2, -0.15) is 0 Å². The predicted octanol–water partition coefficient (Wildman–Crippen LogP) is 2.31. The Labute approximate surface area is 149 Å². The van der Waals surface area contributed by atoms with Crippen LogP contribution in [0.2, 0.25) is 0 Å². The lowest BCUT2D eigenvalue weighted by atomic mass is 9.84. The van der Waals surface area contributed by atoms with E-state index in [2.05, 4.69) is 25.6 Å². The van der Waals surface area contributed by atoms with E-state index in [4.69, 9.17) is 0 Å². The molecular formula is C18H19N5OS. The Morgan fingerprint density at radius 2 is 2.20 bits per heavy atom. The molecule has 0 spiro atoms. The molecule has 128 valence electrons. The number of carbonyl (C=O) groups excluding carboxylic acids is 1. The predicted molar refractivity (Wildman–Crippen MR) is 97.2 cm³/mol. The Hall–Kier alpha value is -2.25. The van der Waals surface area contributed by atoms with Gasteiger partial charge in [-0.3, -0.25) is 4.79 Å². The van der Waals surface area contributed by atoms with Crippen molar-refractivity contribution in [2.75, 3.05) is 19.6 Å². The first-order valence-electron chi connectivity index (χ1n) is 8.67. The summed E-state index contributed by atoms with van der Waals surface area (Å²) in [6.07, 6.45) is 9.61. The van der Waals surface area contributed by atoms with E-state index < -0.39 is 0 Å². The largest absolute Gasteiger partial charge is 0.346 e. The maximum atomic E-state index is 12.7. The van der Waals surface area contributed by atoms with Crippen LogP contribution in [0.3, 0.4) is 0 Å². The van der Waals surface area contributed by atoms with Crippen LogP contribution in [-0.2, 0) is 0 Å². The van der Waals surface area contributed by atoms with Crippen molar-refractivity contribution in [3.63, 3.8) is 0 Å². The number of imidazole rings is 1. The van der Waals surface area contributed by atoms with Gasteiger partial charge < -0.3 is 14.8 Å². The van der Waals surface area contributed by atoms with Gasteiger partial charge in [0.1, 0.15) is 5.69 Å². The van der Waals surface area contributed by atoms with Crippen molar-refractivity contribution in [2.45, 2.75) is 18.9 Å². The van der Waals surface area contributed by atoms with Crippen LogP contribution in [0.5, 0.6) is 0 Å². The molecule has 6 rings (SSSR count). The van der Waals surface area contributed by atoms with Crippen LogP contribution in [0.4, 0.5) is 0 Å². The highest BCUT2D eigenvalue weighted by Gasteiger charge is 2.35. The number of thiophene rings is 1. The van der Waals surface area contributed by atoms with E-state index in [1.165, 1.54) is 25.9 Å². The van der Waals surface area contributed by atoms with Gasteiger partial charge in [0.25, 0.3) is 5.91 Å². The fourth-order valence-electron chi connectivity index (χ4n) is 4.02. The van der Waals surface area contributed by atoms with Gasteiger partial charge in [0.05, 0.1) is 16.7 Å². The highest BCUT2D eigenvalue weighted by molar-refractivity contribution is 7.17. The molecule has 3 aliphatic heterocycles. The first-order chi connectivity index (χ1) is 12.3. The number of piperidine rings is 3. The number of nitrogens with one attached hydrogen (secondary N) is 1. The van der Waals surface area contributed by atoms with Gasteiger partial charge in [-0.05, 0) is 37.9 Å². The highest BCUT2D eigenvalue weighted by Crippen LogP contribution is 2.30. The molecule has 1 N–H and O–H groups in total. The van der Waals surface area contributed by atoms with E-state index >= 15 is 0 Å². The van der Waals surface area contributed by atoms with Gasteiger partial charge in [0.15, 0.2) is 0 Å². The lowest BCUT2D eigenvalue weighted by Gasteiger charge is -2.44. The summed E-state index contributed by atoms with van der Waals surface area (Å²) < 4.78 is 3.04. The van der Waals surface area contributed by atoms with Gasteiger partial charge in [0.2, 0.25) is 0 Å².